The molecule has 0 spiro atoms. The van der Waals surface area contributed by atoms with Gasteiger partial charge in [-0.1, -0.05) is 25.0 Å². The van der Waals surface area contributed by atoms with Gasteiger partial charge in [-0.3, -0.25) is 9.59 Å². The summed E-state index contributed by atoms with van der Waals surface area (Å²) >= 11 is 0. The maximum absolute atomic E-state index is 12.2. The Labute approximate surface area is 172 Å². The first-order valence-electron chi connectivity index (χ1n) is 9.80. The smallest absolute Gasteiger partial charge is 0.220 e. The highest BCUT2D eigenvalue weighted by Gasteiger charge is 2.09. The van der Waals surface area contributed by atoms with Crippen molar-refractivity contribution < 1.29 is 19.1 Å². The van der Waals surface area contributed by atoms with Gasteiger partial charge in [-0.25, -0.2) is 0 Å². The lowest BCUT2D eigenvalue weighted by atomic mass is 10.1. The van der Waals surface area contributed by atoms with E-state index in [1.165, 1.54) is 0 Å². The van der Waals surface area contributed by atoms with E-state index in [0.717, 1.165) is 23.5 Å². The zero-order chi connectivity index (χ0) is 20.9. The molecule has 2 aromatic rings. The SMILES string of the molecule is C#CCOc1ccc(CCNC(=O)CCC(=O)c2ccc(OCCC)cc2)cc1. The van der Waals surface area contributed by atoms with Gasteiger partial charge in [0.1, 0.15) is 18.1 Å². The second-order valence-electron chi connectivity index (χ2n) is 6.53. The highest BCUT2D eigenvalue weighted by Crippen LogP contribution is 2.15. The maximum Gasteiger partial charge on any atom is 0.220 e. The lowest BCUT2D eigenvalue weighted by Crippen LogP contribution is -2.26. The van der Waals surface area contributed by atoms with Gasteiger partial charge in [-0.05, 0) is 54.8 Å². The van der Waals surface area contributed by atoms with Crippen LogP contribution < -0.4 is 14.8 Å². The standard InChI is InChI=1S/C24H27NO4/c1-3-17-28-21-9-5-19(6-10-21)15-16-25-24(27)14-13-23(26)20-7-11-22(12-8-20)29-18-4-2/h1,5-12H,4,13-18H2,2H3,(H,25,27). The Bertz CT molecular complexity index is 819. The zero-order valence-corrected chi connectivity index (χ0v) is 16.8. The van der Waals surface area contributed by atoms with Gasteiger partial charge in [0.05, 0.1) is 6.61 Å². The third-order valence-electron chi connectivity index (χ3n) is 4.21. The first-order valence-corrected chi connectivity index (χ1v) is 9.80. The third-order valence-corrected chi connectivity index (χ3v) is 4.21. The Hall–Kier alpha value is -3.26. The van der Waals surface area contributed by atoms with E-state index in [-0.39, 0.29) is 31.1 Å². The molecule has 0 fully saturated rings. The van der Waals surface area contributed by atoms with Crippen LogP contribution in [0.5, 0.6) is 11.5 Å². The molecule has 0 atom stereocenters. The van der Waals surface area contributed by atoms with Crippen LogP contribution in [0.4, 0.5) is 0 Å². The predicted octanol–water partition coefficient (Wildman–Crippen LogP) is 3.81. The molecule has 5 nitrogen and oxygen atoms in total. The molecule has 0 aliphatic heterocycles. The van der Waals surface area contributed by atoms with Crippen LogP contribution in [0.15, 0.2) is 48.5 Å². The maximum atomic E-state index is 12.2. The van der Waals surface area contributed by atoms with E-state index >= 15 is 0 Å². The van der Waals surface area contributed by atoms with Crippen molar-refractivity contribution >= 4 is 11.7 Å². The second-order valence-corrected chi connectivity index (χ2v) is 6.53. The van der Waals surface area contributed by atoms with E-state index in [0.29, 0.717) is 25.1 Å². The van der Waals surface area contributed by atoms with Crippen molar-refractivity contribution in [3.63, 3.8) is 0 Å². The van der Waals surface area contributed by atoms with Crippen LogP contribution in [-0.2, 0) is 11.2 Å². The normalized spacial score (nSPS) is 10.1. The number of rotatable bonds is 12. The minimum absolute atomic E-state index is 0.0512. The monoisotopic (exact) mass is 393 g/mol. The molecule has 0 radical (unpaired) electrons. The minimum Gasteiger partial charge on any atom is -0.494 e. The van der Waals surface area contributed by atoms with Crippen LogP contribution >= 0.6 is 0 Å². The number of ether oxygens (including phenoxy) is 2. The predicted molar refractivity (Wildman–Crippen MR) is 113 cm³/mol. The number of carbonyl (C=O) groups excluding carboxylic acids is 2. The van der Waals surface area contributed by atoms with E-state index < -0.39 is 0 Å². The number of hydrogen-bond donors (Lipinski definition) is 1. The summed E-state index contributed by atoms with van der Waals surface area (Å²) in [4.78, 5) is 24.2. The number of terminal acetylenes is 1. The third kappa shape index (κ3) is 8.10. The molecule has 1 N–H and O–H groups in total. The second kappa shape index (κ2) is 12.2. The molecule has 0 saturated heterocycles. The van der Waals surface area contributed by atoms with Crippen LogP contribution in [0, 0.1) is 12.3 Å². The fourth-order valence-corrected chi connectivity index (χ4v) is 2.64. The van der Waals surface area contributed by atoms with Crippen LogP contribution in [0.25, 0.3) is 0 Å². The van der Waals surface area contributed by atoms with Crippen molar-refractivity contribution in [2.75, 3.05) is 19.8 Å². The Morgan fingerprint density at radius 1 is 0.966 bits per heavy atom. The molecule has 0 aliphatic rings. The number of carbonyl (C=O) groups is 2. The van der Waals surface area contributed by atoms with Crippen LogP contribution in [0.1, 0.15) is 42.1 Å². The number of hydrogen-bond acceptors (Lipinski definition) is 4. The van der Waals surface area contributed by atoms with Gasteiger partial charge in [0.2, 0.25) is 5.91 Å². The van der Waals surface area contributed by atoms with Gasteiger partial charge in [-0.15, -0.1) is 6.42 Å². The average Bonchev–Trinajstić information content (AvgIpc) is 2.76. The fourth-order valence-electron chi connectivity index (χ4n) is 2.64. The molecular weight excluding hydrogens is 366 g/mol. The quantitative estimate of drug-likeness (QED) is 0.440. The van der Waals surface area contributed by atoms with Crippen LogP contribution in [-0.4, -0.2) is 31.4 Å². The van der Waals surface area contributed by atoms with Crippen molar-refractivity contribution in [3.8, 4) is 23.8 Å². The largest absolute Gasteiger partial charge is 0.494 e. The van der Waals surface area contributed by atoms with Crippen molar-refractivity contribution in [2.45, 2.75) is 32.6 Å². The van der Waals surface area contributed by atoms with Gasteiger partial charge in [-0.2, -0.15) is 0 Å². The van der Waals surface area contributed by atoms with E-state index in [2.05, 4.69) is 11.2 Å². The van der Waals surface area contributed by atoms with Gasteiger partial charge in [0, 0.05) is 24.9 Å². The molecule has 0 saturated carbocycles. The summed E-state index contributed by atoms with van der Waals surface area (Å²) in [7, 11) is 0. The van der Waals surface area contributed by atoms with Crippen molar-refractivity contribution in [1.29, 1.82) is 0 Å². The number of benzene rings is 2. The number of nitrogens with one attached hydrogen (secondary N) is 1. The molecule has 0 unspecified atom stereocenters. The summed E-state index contributed by atoms with van der Waals surface area (Å²) in [5, 5.41) is 2.85. The molecule has 0 aromatic heterocycles. The van der Waals surface area contributed by atoms with E-state index in [1.54, 1.807) is 24.3 Å². The van der Waals surface area contributed by atoms with Crippen LogP contribution in [0.2, 0.25) is 0 Å². The highest BCUT2D eigenvalue weighted by atomic mass is 16.5. The Morgan fingerprint density at radius 3 is 2.28 bits per heavy atom. The Balaban J connectivity index is 1.67. The van der Waals surface area contributed by atoms with E-state index in [1.807, 2.05) is 31.2 Å². The molecule has 2 rings (SSSR count). The van der Waals surface area contributed by atoms with E-state index in [9.17, 15) is 9.59 Å². The highest BCUT2D eigenvalue weighted by molar-refractivity contribution is 5.98. The average molecular weight is 393 g/mol. The lowest BCUT2D eigenvalue weighted by Gasteiger charge is -2.07. The molecule has 0 aliphatic carbocycles. The molecule has 2 aromatic carbocycles. The van der Waals surface area contributed by atoms with Crippen molar-refractivity contribution in [1.82, 2.24) is 5.32 Å². The molecule has 1 amide bonds. The van der Waals surface area contributed by atoms with Gasteiger partial charge in [0.25, 0.3) is 0 Å². The Kier molecular flexibility index (Phi) is 9.31. The molecule has 29 heavy (non-hydrogen) atoms. The van der Waals surface area contributed by atoms with Crippen molar-refractivity contribution in [3.05, 3.63) is 59.7 Å². The summed E-state index contributed by atoms with van der Waals surface area (Å²) in [6, 6.07) is 14.6. The summed E-state index contributed by atoms with van der Waals surface area (Å²) in [6.45, 7) is 3.44. The molecule has 0 heterocycles. The van der Waals surface area contributed by atoms with E-state index in [4.69, 9.17) is 15.9 Å². The topological polar surface area (TPSA) is 64.6 Å². The number of ketones is 1. The molecule has 0 bridgehead atoms. The summed E-state index contributed by atoms with van der Waals surface area (Å²) in [5.74, 6) is 3.71. The summed E-state index contributed by atoms with van der Waals surface area (Å²) in [6.07, 6.45) is 7.15. The number of Topliss-reactive ketones (excluding diaryl/α,β-unsaturated/α-hetero) is 1. The zero-order valence-electron chi connectivity index (χ0n) is 16.8. The number of amides is 1. The lowest BCUT2D eigenvalue weighted by molar-refractivity contribution is -0.121. The minimum atomic E-state index is -0.129. The van der Waals surface area contributed by atoms with Gasteiger partial charge in [0.15, 0.2) is 5.78 Å². The molecular formula is C24H27NO4. The van der Waals surface area contributed by atoms with Crippen molar-refractivity contribution in [2.24, 2.45) is 0 Å². The first kappa shape index (κ1) is 22.0. The first-order chi connectivity index (χ1) is 14.1. The van der Waals surface area contributed by atoms with Crippen LogP contribution in [0.3, 0.4) is 0 Å². The summed E-state index contributed by atoms with van der Waals surface area (Å²) in [5.41, 5.74) is 1.67. The molecule has 5 heteroatoms. The van der Waals surface area contributed by atoms with Gasteiger partial charge >= 0.3 is 0 Å². The summed E-state index contributed by atoms with van der Waals surface area (Å²) < 4.78 is 10.8. The fraction of sp³-hybridized carbons (Fsp3) is 0.333. The Morgan fingerprint density at radius 2 is 1.62 bits per heavy atom. The van der Waals surface area contributed by atoms with Gasteiger partial charge < -0.3 is 14.8 Å². The molecule has 152 valence electrons.